The van der Waals surface area contributed by atoms with Gasteiger partial charge in [-0.05, 0) is 52.6 Å². The van der Waals surface area contributed by atoms with E-state index in [4.69, 9.17) is 4.74 Å². The number of nitrogens with zero attached hydrogens (tertiary/aromatic N) is 2. The van der Waals surface area contributed by atoms with Crippen molar-refractivity contribution >= 4 is 16.7 Å². The number of nitrogens with one attached hydrogen (secondary N) is 1. The maximum Gasteiger partial charge on any atom is 0.227 e. The van der Waals surface area contributed by atoms with Crippen LogP contribution in [-0.4, -0.2) is 22.8 Å². The van der Waals surface area contributed by atoms with Crippen molar-refractivity contribution in [2.24, 2.45) is 0 Å². The Kier molecular flexibility index (Phi) is 5.80. The van der Waals surface area contributed by atoms with Gasteiger partial charge in [0.15, 0.2) is 0 Å². The minimum Gasteiger partial charge on any atom is -0.497 e. The van der Waals surface area contributed by atoms with Crippen LogP contribution in [-0.2, 0) is 17.9 Å². The van der Waals surface area contributed by atoms with E-state index in [2.05, 4.69) is 22.5 Å². The largest absolute Gasteiger partial charge is 0.497 e. The Hall–Kier alpha value is -3.60. The number of aromatic nitrogens is 2. The number of amides is 1. The fraction of sp³-hybridized carbons (Fsp3) is 0.200. The van der Waals surface area contributed by atoms with Gasteiger partial charge >= 0.3 is 0 Å². The van der Waals surface area contributed by atoms with Crippen molar-refractivity contribution in [2.75, 3.05) is 7.11 Å². The standard InChI is InChI=1S/C25H25N3O2/c1-18(19-8-9-21-15-24(30-2)11-10-20(21)14-19)25(29)26-16-22-6-3-4-7-23(22)17-28-13-5-12-27-28/h3-15,18H,16-17H2,1-2H3,(H,26,29)/t18-/m0/s1. The van der Waals surface area contributed by atoms with Crippen LogP contribution in [0.2, 0.25) is 0 Å². The van der Waals surface area contributed by atoms with Crippen LogP contribution in [0.4, 0.5) is 0 Å². The maximum absolute atomic E-state index is 12.8. The zero-order valence-corrected chi connectivity index (χ0v) is 17.2. The first-order valence-corrected chi connectivity index (χ1v) is 10.0. The van der Waals surface area contributed by atoms with Gasteiger partial charge in [0.2, 0.25) is 5.91 Å². The molecule has 30 heavy (non-hydrogen) atoms. The molecule has 0 aliphatic rings. The average Bonchev–Trinajstić information content (AvgIpc) is 3.30. The van der Waals surface area contributed by atoms with E-state index in [0.717, 1.165) is 33.2 Å². The molecule has 0 saturated heterocycles. The van der Waals surface area contributed by atoms with Crippen molar-refractivity contribution in [3.8, 4) is 5.75 Å². The van der Waals surface area contributed by atoms with E-state index in [-0.39, 0.29) is 11.8 Å². The lowest BCUT2D eigenvalue weighted by Crippen LogP contribution is -2.28. The Morgan fingerprint density at radius 1 is 1.03 bits per heavy atom. The summed E-state index contributed by atoms with van der Waals surface area (Å²) in [5, 5.41) is 9.56. The molecule has 1 N–H and O–H groups in total. The van der Waals surface area contributed by atoms with E-state index in [1.165, 1.54) is 0 Å². The van der Waals surface area contributed by atoms with E-state index in [9.17, 15) is 4.79 Å². The molecule has 0 fully saturated rings. The summed E-state index contributed by atoms with van der Waals surface area (Å²) >= 11 is 0. The summed E-state index contributed by atoms with van der Waals surface area (Å²) in [5.41, 5.74) is 3.24. The number of rotatable bonds is 7. The normalized spacial score (nSPS) is 11.9. The lowest BCUT2D eigenvalue weighted by atomic mass is 9.96. The predicted octanol–water partition coefficient (Wildman–Crippen LogP) is 4.51. The molecule has 5 heteroatoms. The molecule has 0 aliphatic carbocycles. The molecule has 1 amide bonds. The first-order chi connectivity index (χ1) is 14.6. The molecule has 152 valence electrons. The summed E-state index contributed by atoms with van der Waals surface area (Å²) in [6.07, 6.45) is 3.71. The van der Waals surface area contributed by atoms with Gasteiger partial charge in [0, 0.05) is 18.9 Å². The van der Waals surface area contributed by atoms with Crippen LogP contribution < -0.4 is 10.1 Å². The van der Waals surface area contributed by atoms with Crippen molar-refractivity contribution < 1.29 is 9.53 Å². The van der Waals surface area contributed by atoms with Crippen molar-refractivity contribution in [3.05, 3.63) is 95.8 Å². The quantitative estimate of drug-likeness (QED) is 0.497. The van der Waals surface area contributed by atoms with Crippen molar-refractivity contribution in [1.82, 2.24) is 15.1 Å². The van der Waals surface area contributed by atoms with Crippen LogP contribution >= 0.6 is 0 Å². The second-order valence-electron chi connectivity index (χ2n) is 7.38. The third-order valence-corrected chi connectivity index (χ3v) is 5.43. The van der Waals surface area contributed by atoms with E-state index in [0.29, 0.717) is 13.1 Å². The molecular formula is C25H25N3O2. The summed E-state index contributed by atoms with van der Waals surface area (Å²) in [6.45, 7) is 3.11. The Bertz CT molecular complexity index is 1150. The lowest BCUT2D eigenvalue weighted by molar-refractivity contribution is -0.122. The summed E-state index contributed by atoms with van der Waals surface area (Å²) in [4.78, 5) is 12.8. The minimum absolute atomic E-state index is 0.0109. The van der Waals surface area contributed by atoms with Gasteiger partial charge in [-0.1, -0.05) is 48.5 Å². The van der Waals surface area contributed by atoms with Gasteiger partial charge in [0.05, 0.1) is 19.6 Å². The third kappa shape index (κ3) is 4.35. The van der Waals surface area contributed by atoms with E-state index in [1.807, 2.05) is 72.4 Å². The predicted molar refractivity (Wildman–Crippen MR) is 119 cm³/mol. The highest BCUT2D eigenvalue weighted by atomic mass is 16.5. The maximum atomic E-state index is 12.8. The molecule has 0 bridgehead atoms. The number of fused-ring (bicyclic) bond motifs is 1. The topological polar surface area (TPSA) is 56.1 Å². The van der Waals surface area contributed by atoms with Crippen LogP contribution in [0.3, 0.4) is 0 Å². The van der Waals surface area contributed by atoms with E-state index in [1.54, 1.807) is 13.3 Å². The SMILES string of the molecule is COc1ccc2cc([C@H](C)C(=O)NCc3ccccc3Cn3cccn3)ccc2c1. The van der Waals surface area contributed by atoms with E-state index < -0.39 is 0 Å². The molecule has 0 unspecified atom stereocenters. The first-order valence-electron chi connectivity index (χ1n) is 10.0. The summed E-state index contributed by atoms with van der Waals surface area (Å²) in [7, 11) is 1.66. The van der Waals surface area contributed by atoms with Crippen LogP contribution in [0, 0.1) is 0 Å². The minimum atomic E-state index is -0.241. The van der Waals surface area contributed by atoms with Crippen molar-refractivity contribution in [2.45, 2.75) is 25.9 Å². The number of carbonyl (C=O) groups excluding carboxylic acids is 1. The fourth-order valence-electron chi connectivity index (χ4n) is 3.58. The Morgan fingerprint density at radius 2 is 1.80 bits per heavy atom. The molecule has 4 rings (SSSR count). The first kappa shape index (κ1) is 19.7. The number of hydrogen-bond acceptors (Lipinski definition) is 3. The van der Waals surface area contributed by atoms with Gasteiger partial charge in [0.1, 0.15) is 5.75 Å². The highest BCUT2D eigenvalue weighted by Gasteiger charge is 2.16. The molecule has 0 aliphatic heterocycles. The summed E-state index contributed by atoms with van der Waals surface area (Å²) < 4.78 is 7.17. The number of benzene rings is 3. The highest BCUT2D eigenvalue weighted by Crippen LogP contribution is 2.25. The Labute approximate surface area is 176 Å². The van der Waals surface area contributed by atoms with Gasteiger partial charge in [-0.2, -0.15) is 5.10 Å². The van der Waals surface area contributed by atoms with Crippen molar-refractivity contribution in [3.63, 3.8) is 0 Å². The van der Waals surface area contributed by atoms with Gasteiger partial charge in [-0.15, -0.1) is 0 Å². The van der Waals surface area contributed by atoms with Crippen molar-refractivity contribution in [1.29, 1.82) is 0 Å². The van der Waals surface area contributed by atoms with Crippen LogP contribution in [0.15, 0.2) is 79.1 Å². The molecule has 1 aromatic heterocycles. The van der Waals surface area contributed by atoms with Gasteiger partial charge < -0.3 is 10.1 Å². The third-order valence-electron chi connectivity index (χ3n) is 5.43. The molecule has 4 aromatic rings. The zero-order valence-electron chi connectivity index (χ0n) is 17.2. The molecule has 0 saturated carbocycles. The number of ether oxygens (including phenoxy) is 1. The molecular weight excluding hydrogens is 374 g/mol. The van der Waals surface area contributed by atoms with Gasteiger partial charge in [0.25, 0.3) is 0 Å². The van der Waals surface area contributed by atoms with Gasteiger partial charge in [-0.25, -0.2) is 0 Å². The van der Waals surface area contributed by atoms with Crippen LogP contribution in [0.5, 0.6) is 5.75 Å². The second kappa shape index (κ2) is 8.82. The second-order valence-corrected chi connectivity index (χ2v) is 7.38. The zero-order chi connectivity index (χ0) is 20.9. The summed E-state index contributed by atoms with van der Waals surface area (Å²) in [6, 6.07) is 22.1. The molecule has 0 spiro atoms. The average molecular weight is 399 g/mol. The van der Waals surface area contributed by atoms with Crippen LogP contribution in [0.1, 0.15) is 29.5 Å². The monoisotopic (exact) mass is 399 g/mol. The number of methoxy groups -OCH3 is 1. The smallest absolute Gasteiger partial charge is 0.227 e. The van der Waals surface area contributed by atoms with Crippen LogP contribution in [0.25, 0.3) is 10.8 Å². The highest BCUT2D eigenvalue weighted by molar-refractivity contribution is 5.88. The fourth-order valence-corrected chi connectivity index (χ4v) is 3.58. The molecule has 5 nitrogen and oxygen atoms in total. The molecule has 3 aromatic carbocycles. The Balaban J connectivity index is 1.45. The number of carbonyl (C=O) groups is 1. The lowest BCUT2D eigenvalue weighted by Gasteiger charge is -2.15. The number of hydrogen-bond donors (Lipinski definition) is 1. The summed E-state index contributed by atoms with van der Waals surface area (Å²) in [5.74, 6) is 0.598. The van der Waals surface area contributed by atoms with E-state index >= 15 is 0 Å². The molecule has 1 atom stereocenters. The van der Waals surface area contributed by atoms with Gasteiger partial charge in [-0.3, -0.25) is 9.48 Å². The Morgan fingerprint density at radius 3 is 2.57 bits per heavy atom. The molecule has 1 heterocycles. The molecule has 0 radical (unpaired) electrons.